The van der Waals surface area contributed by atoms with Crippen LogP contribution in [0, 0.1) is 0 Å². The lowest BCUT2D eigenvalue weighted by atomic mass is 9.95. The summed E-state index contributed by atoms with van der Waals surface area (Å²) in [4.78, 5) is 15.0. The van der Waals surface area contributed by atoms with Crippen LogP contribution >= 0.6 is 0 Å². The van der Waals surface area contributed by atoms with Crippen LogP contribution in [0.3, 0.4) is 0 Å². The van der Waals surface area contributed by atoms with Gasteiger partial charge < -0.3 is 0 Å². The van der Waals surface area contributed by atoms with Gasteiger partial charge in [0.1, 0.15) is 0 Å². The standard InChI is InChI=1S/C13H19N3O/c17-11-16(13-4-2-1-3-5-13)15-10-12-6-8-14-9-7-12/h6-9,11,13,15H,1-5,10H2. The van der Waals surface area contributed by atoms with Crippen LogP contribution in [0.2, 0.25) is 0 Å². The van der Waals surface area contributed by atoms with E-state index >= 15 is 0 Å². The summed E-state index contributed by atoms with van der Waals surface area (Å²) in [6.07, 6.45) is 10.4. The second-order valence-corrected chi connectivity index (χ2v) is 4.49. The van der Waals surface area contributed by atoms with Crippen molar-refractivity contribution >= 4 is 6.41 Å². The number of hydrogen-bond donors (Lipinski definition) is 1. The van der Waals surface area contributed by atoms with E-state index in [-0.39, 0.29) is 0 Å². The number of carbonyl (C=O) groups is 1. The molecule has 1 amide bonds. The summed E-state index contributed by atoms with van der Waals surface area (Å²) in [7, 11) is 0. The van der Waals surface area contributed by atoms with Gasteiger partial charge in [-0.25, -0.2) is 5.43 Å². The summed E-state index contributed by atoms with van der Waals surface area (Å²) in [5, 5.41) is 1.74. The summed E-state index contributed by atoms with van der Waals surface area (Å²) in [5.41, 5.74) is 4.33. The molecule has 1 fully saturated rings. The fourth-order valence-corrected chi connectivity index (χ4v) is 2.29. The van der Waals surface area contributed by atoms with Crippen LogP contribution < -0.4 is 5.43 Å². The molecule has 1 aliphatic carbocycles. The molecule has 4 heteroatoms. The molecule has 0 atom stereocenters. The van der Waals surface area contributed by atoms with Gasteiger partial charge in [0.2, 0.25) is 6.41 Å². The molecule has 2 rings (SSSR count). The van der Waals surface area contributed by atoms with Crippen LogP contribution in [0.5, 0.6) is 0 Å². The SMILES string of the molecule is O=CN(NCc1ccncc1)C1CCCCC1. The lowest BCUT2D eigenvalue weighted by Gasteiger charge is -2.31. The first-order valence-electron chi connectivity index (χ1n) is 6.26. The molecule has 1 aromatic rings. The fourth-order valence-electron chi connectivity index (χ4n) is 2.29. The van der Waals surface area contributed by atoms with Gasteiger partial charge in [0.05, 0.1) is 0 Å². The number of nitrogens with zero attached hydrogens (tertiary/aromatic N) is 2. The largest absolute Gasteiger partial charge is 0.277 e. The van der Waals surface area contributed by atoms with Gasteiger partial charge in [0.15, 0.2) is 0 Å². The Morgan fingerprint density at radius 1 is 1.29 bits per heavy atom. The number of hydrazine groups is 1. The van der Waals surface area contributed by atoms with Crippen molar-refractivity contribution in [3.05, 3.63) is 30.1 Å². The quantitative estimate of drug-likeness (QED) is 0.624. The Labute approximate surface area is 102 Å². The molecule has 1 N–H and O–H groups in total. The topological polar surface area (TPSA) is 45.2 Å². The number of pyridine rings is 1. The van der Waals surface area contributed by atoms with Crippen LogP contribution in [0.1, 0.15) is 37.7 Å². The van der Waals surface area contributed by atoms with Crippen molar-refractivity contribution in [2.75, 3.05) is 0 Å². The molecule has 4 nitrogen and oxygen atoms in total. The number of amides is 1. The number of nitrogens with one attached hydrogen (secondary N) is 1. The van der Waals surface area contributed by atoms with Crippen LogP contribution in [-0.2, 0) is 11.3 Å². The van der Waals surface area contributed by atoms with Gasteiger partial charge in [-0.05, 0) is 30.5 Å². The smallest absolute Gasteiger partial charge is 0.224 e. The average Bonchev–Trinajstić information content (AvgIpc) is 2.42. The molecule has 0 saturated heterocycles. The van der Waals surface area contributed by atoms with E-state index in [2.05, 4.69) is 10.4 Å². The van der Waals surface area contributed by atoms with Gasteiger partial charge in [-0.15, -0.1) is 0 Å². The Bertz CT molecular complexity index is 336. The highest BCUT2D eigenvalue weighted by atomic mass is 16.1. The predicted molar refractivity (Wildman–Crippen MR) is 65.9 cm³/mol. The van der Waals surface area contributed by atoms with E-state index in [0.29, 0.717) is 12.6 Å². The maximum atomic E-state index is 11.1. The molecule has 0 aromatic carbocycles. The maximum absolute atomic E-state index is 11.1. The molecule has 0 unspecified atom stereocenters. The lowest BCUT2D eigenvalue weighted by Crippen LogP contribution is -2.45. The normalized spacial score (nSPS) is 16.7. The summed E-state index contributed by atoms with van der Waals surface area (Å²) in [6.45, 7) is 0.678. The highest BCUT2D eigenvalue weighted by Gasteiger charge is 2.19. The minimum atomic E-state index is 0.364. The predicted octanol–water partition coefficient (Wildman–Crippen LogP) is 1.88. The fraction of sp³-hybridized carbons (Fsp3) is 0.538. The maximum Gasteiger partial charge on any atom is 0.224 e. The zero-order chi connectivity index (χ0) is 11.9. The van der Waals surface area contributed by atoms with Gasteiger partial charge in [0, 0.05) is 25.0 Å². The van der Waals surface area contributed by atoms with Crippen molar-refractivity contribution in [3.63, 3.8) is 0 Å². The third-order valence-corrected chi connectivity index (χ3v) is 3.30. The molecule has 1 saturated carbocycles. The molecule has 0 bridgehead atoms. The van der Waals surface area contributed by atoms with E-state index in [1.807, 2.05) is 12.1 Å². The van der Waals surface area contributed by atoms with Crippen molar-refractivity contribution in [2.24, 2.45) is 0 Å². The van der Waals surface area contributed by atoms with Gasteiger partial charge in [-0.2, -0.15) is 0 Å². The monoisotopic (exact) mass is 233 g/mol. The van der Waals surface area contributed by atoms with Crippen molar-refractivity contribution in [1.82, 2.24) is 15.4 Å². The summed E-state index contributed by atoms with van der Waals surface area (Å²) >= 11 is 0. The Morgan fingerprint density at radius 3 is 2.65 bits per heavy atom. The molecule has 0 aliphatic heterocycles. The van der Waals surface area contributed by atoms with Gasteiger partial charge in [-0.1, -0.05) is 19.3 Å². The molecule has 92 valence electrons. The second kappa shape index (κ2) is 6.35. The molecule has 1 aliphatic rings. The van der Waals surface area contributed by atoms with Gasteiger partial charge in [0.25, 0.3) is 0 Å². The van der Waals surface area contributed by atoms with E-state index in [9.17, 15) is 4.79 Å². The number of hydrogen-bond acceptors (Lipinski definition) is 3. The van der Waals surface area contributed by atoms with Crippen molar-refractivity contribution in [1.29, 1.82) is 0 Å². The van der Waals surface area contributed by atoms with E-state index in [1.165, 1.54) is 19.3 Å². The minimum Gasteiger partial charge on any atom is -0.277 e. The van der Waals surface area contributed by atoms with Crippen molar-refractivity contribution in [2.45, 2.75) is 44.7 Å². The van der Waals surface area contributed by atoms with E-state index in [1.54, 1.807) is 17.4 Å². The highest BCUT2D eigenvalue weighted by molar-refractivity contribution is 5.46. The second-order valence-electron chi connectivity index (χ2n) is 4.49. The Kier molecular flexibility index (Phi) is 4.50. The third-order valence-electron chi connectivity index (χ3n) is 3.30. The van der Waals surface area contributed by atoms with Gasteiger partial charge >= 0.3 is 0 Å². The average molecular weight is 233 g/mol. The molecular weight excluding hydrogens is 214 g/mol. The first kappa shape index (κ1) is 12.0. The Morgan fingerprint density at radius 2 is 2.00 bits per heavy atom. The van der Waals surface area contributed by atoms with Crippen LogP contribution in [0.4, 0.5) is 0 Å². The minimum absolute atomic E-state index is 0.364. The zero-order valence-electron chi connectivity index (χ0n) is 10.0. The molecule has 0 radical (unpaired) electrons. The first-order valence-corrected chi connectivity index (χ1v) is 6.26. The Hall–Kier alpha value is -1.42. The van der Waals surface area contributed by atoms with Crippen molar-refractivity contribution in [3.8, 4) is 0 Å². The highest BCUT2D eigenvalue weighted by Crippen LogP contribution is 2.20. The van der Waals surface area contributed by atoms with E-state index in [0.717, 1.165) is 24.8 Å². The molecule has 17 heavy (non-hydrogen) atoms. The number of carbonyl (C=O) groups excluding carboxylic acids is 1. The molecule has 0 spiro atoms. The first-order chi connectivity index (χ1) is 8.40. The van der Waals surface area contributed by atoms with E-state index < -0.39 is 0 Å². The molecule has 1 heterocycles. The molecular formula is C13H19N3O. The Balaban J connectivity index is 1.85. The molecule has 1 aromatic heterocycles. The van der Waals surface area contributed by atoms with Crippen molar-refractivity contribution < 1.29 is 4.79 Å². The zero-order valence-corrected chi connectivity index (χ0v) is 10.0. The van der Waals surface area contributed by atoms with Gasteiger partial charge in [-0.3, -0.25) is 14.8 Å². The van der Waals surface area contributed by atoms with E-state index in [4.69, 9.17) is 0 Å². The summed E-state index contributed by atoms with van der Waals surface area (Å²) in [5.74, 6) is 0. The summed E-state index contributed by atoms with van der Waals surface area (Å²) < 4.78 is 0. The lowest BCUT2D eigenvalue weighted by molar-refractivity contribution is -0.124. The number of aromatic nitrogens is 1. The summed E-state index contributed by atoms with van der Waals surface area (Å²) in [6, 6.07) is 4.27. The third kappa shape index (κ3) is 3.53. The van der Waals surface area contributed by atoms with Crippen LogP contribution in [-0.4, -0.2) is 22.4 Å². The van der Waals surface area contributed by atoms with Crippen LogP contribution in [0.25, 0.3) is 0 Å². The number of rotatable bonds is 5. The van der Waals surface area contributed by atoms with Crippen LogP contribution in [0.15, 0.2) is 24.5 Å².